The average Bonchev–Trinajstić information content (AvgIpc) is 2.65. The first-order valence-corrected chi connectivity index (χ1v) is 9.76. The van der Waals surface area contributed by atoms with Gasteiger partial charge in [0.15, 0.2) is 0 Å². The van der Waals surface area contributed by atoms with Gasteiger partial charge in [-0.05, 0) is 43.3 Å². The molecule has 144 valence electrons. The van der Waals surface area contributed by atoms with E-state index in [-0.39, 0.29) is 23.9 Å². The van der Waals surface area contributed by atoms with E-state index in [1.165, 1.54) is 31.1 Å². The highest BCUT2D eigenvalue weighted by Crippen LogP contribution is 2.16. The molecule has 0 radical (unpaired) electrons. The largest absolute Gasteiger partial charge is 0.465 e. The first-order valence-electron chi connectivity index (χ1n) is 8.27. The number of hydrogen-bond acceptors (Lipinski definition) is 5. The molecular formula is C19H22N2O5S. The summed E-state index contributed by atoms with van der Waals surface area (Å²) in [5.74, 6) is -0.711. The van der Waals surface area contributed by atoms with Crippen molar-refractivity contribution in [2.75, 3.05) is 25.1 Å². The lowest BCUT2D eigenvalue weighted by Crippen LogP contribution is -2.37. The Morgan fingerprint density at radius 3 is 2.15 bits per heavy atom. The number of amides is 1. The number of anilines is 1. The van der Waals surface area contributed by atoms with Gasteiger partial charge in [0.1, 0.15) is 0 Å². The van der Waals surface area contributed by atoms with Crippen LogP contribution >= 0.6 is 0 Å². The van der Waals surface area contributed by atoms with Crippen molar-refractivity contribution in [2.24, 2.45) is 0 Å². The van der Waals surface area contributed by atoms with E-state index in [1.54, 1.807) is 36.4 Å². The van der Waals surface area contributed by atoms with Gasteiger partial charge in [0.25, 0.3) is 0 Å². The number of carbonyl (C=O) groups excluding carboxylic acids is 2. The van der Waals surface area contributed by atoms with Crippen LogP contribution in [0.15, 0.2) is 53.4 Å². The van der Waals surface area contributed by atoms with Crippen molar-refractivity contribution in [3.05, 3.63) is 59.7 Å². The van der Waals surface area contributed by atoms with Crippen LogP contribution in [0, 0.1) is 6.92 Å². The summed E-state index contributed by atoms with van der Waals surface area (Å²) < 4.78 is 31.8. The lowest BCUT2D eigenvalue weighted by Gasteiger charge is -2.21. The Kier molecular flexibility index (Phi) is 6.70. The van der Waals surface area contributed by atoms with Crippen LogP contribution in [0.1, 0.15) is 22.8 Å². The maximum atomic E-state index is 12.3. The van der Waals surface area contributed by atoms with E-state index < -0.39 is 16.0 Å². The Hall–Kier alpha value is -2.71. The van der Waals surface area contributed by atoms with Crippen LogP contribution in [0.4, 0.5) is 5.69 Å². The third-order valence-corrected chi connectivity index (χ3v) is 5.42. The number of aryl methyl sites for hydroxylation is 1. The quantitative estimate of drug-likeness (QED) is 0.731. The number of sulfonamides is 1. The van der Waals surface area contributed by atoms with Crippen LogP contribution in [-0.2, 0) is 19.6 Å². The second kappa shape index (κ2) is 8.79. The average molecular weight is 390 g/mol. The van der Waals surface area contributed by atoms with Crippen LogP contribution in [-0.4, -0.2) is 40.5 Å². The van der Waals surface area contributed by atoms with Gasteiger partial charge >= 0.3 is 5.97 Å². The van der Waals surface area contributed by atoms with Crippen molar-refractivity contribution < 1.29 is 22.7 Å². The van der Waals surface area contributed by atoms with Gasteiger partial charge in [-0.2, -0.15) is 0 Å². The first-order chi connectivity index (χ1) is 12.7. The minimum atomic E-state index is -3.65. The van der Waals surface area contributed by atoms with E-state index in [4.69, 9.17) is 0 Å². The molecule has 0 aromatic heterocycles. The fourth-order valence-corrected chi connectivity index (χ4v) is 3.48. The molecule has 0 fully saturated rings. The van der Waals surface area contributed by atoms with Crippen LogP contribution in [0.3, 0.4) is 0 Å². The lowest BCUT2D eigenvalue weighted by atomic mass is 10.2. The van der Waals surface area contributed by atoms with Crippen molar-refractivity contribution in [2.45, 2.75) is 18.7 Å². The van der Waals surface area contributed by atoms with E-state index in [2.05, 4.69) is 9.46 Å². The van der Waals surface area contributed by atoms with E-state index in [1.807, 2.05) is 6.92 Å². The number of carbonyl (C=O) groups is 2. The summed E-state index contributed by atoms with van der Waals surface area (Å²) in [6.07, 6.45) is 0. The van der Waals surface area contributed by atoms with Gasteiger partial charge in [0.2, 0.25) is 15.9 Å². The van der Waals surface area contributed by atoms with Gasteiger partial charge in [-0.3, -0.25) is 4.79 Å². The first kappa shape index (κ1) is 20.6. The molecule has 0 atom stereocenters. The molecule has 2 aromatic rings. The highest BCUT2D eigenvalue weighted by molar-refractivity contribution is 7.89. The molecule has 1 amide bonds. The molecule has 0 saturated carbocycles. The number of hydrogen-bond donors (Lipinski definition) is 1. The summed E-state index contributed by atoms with van der Waals surface area (Å²) in [6.45, 7) is 3.47. The Balaban J connectivity index is 2.05. The standard InChI is InChI=1S/C19H22N2O5S/c1-14-4-10-18(11-5-14)27(24,25)20-12-13-21(15(2)22)17-8-6-16(7-9-17)19(23)26-3/h4-11,20H,12-13H2,1-3H3. The predicted molar refractivity (Wildman–Crippen MR) is 102 cm³/mol. The fourth-order valence-electron chi connectivity index (χ4n) is 2.46. The molecule has 0 unspecified atom stereocenters. The summed E-state index contributed by atoms with van der Waals surface area (Å²) in [4.78, 5) is 25.0. The number of methoxy groups -OCH3 is 1. The van der Waals surface area contributed by atoms with Gasteiger partial charge < -0.3 is 9.64 Å². The van der Waals surface area contributed by atoms with Gasteiger partial charge in [-0.1, -0.05) is 17.7 Å². The molecule has 0 aliphatic heterocycles. The second-order valence-electron chi connectivity index (χ2n) is 5.92. The zero-order valence-corrected chi connectivity index (χ0v) is 16.2. The van der Waals surface area contributed by atoms with Crippen LogP contribution < -0.4 is 9.62 Å². The molecule has 1 N–H and O–H groups in total. The van der Waals surface area contributed by atoms with Gasteiger partial charge in [-0.15, -0.1) is 0 Å². The Bertz CT molecular complexity index is 906. The van der Waals surface area contributed by atoms with Crippen molar-refractivity contribution >= 4 is 27.6 Å². The van der Waals surface area contributed by atoms with Crippen LogP contribution in [0.25, 0.3) is 0 Å². The zero-order valence-electron chi connectivity index (χ0n) is 15.4. The summed E-state index contributed by atoms with van der Waals surface area (Å²) in [6, 6.07) is 12.8. The Labute approximate surface area is 159 Å². The van der Waals surface area contributed by atoms with E-state index >= 15 is 0 Å². The highest BCUT2D eigenvalue weighted by Gasteiger charge is 2.16. The molecule has 8 heteroatoms. The van der Waals surface area contributed by atoms with Crippen LogP contribution in [0.5, 0.6) is 0 Å². The third-order valence-electron chi connectivity index (χ3n) is 3.94. The number of ether oxygens (including phenoxy) is 1. The van der Waals surface area contributed by atoms with Gasteiger partial charge in [-0.25, -0.2) is 17.9 Å². The SMILES string of the molecule is COC(=O)c1ccc(N(CCNS(=O)(=O)c2ccc(C)cc2)C(C)=O)cc1. The molecule has 7 nitrogen and oxygen atoms in total. The molecule has 0 aliphatic carbocycles. The predicted octanol–water partition coefficient (Wildman–Crippen LogP) is 2.11. The van der Waals surface area contributed by atoms with E-state index in [0.717, 1.165) is 5.56 Å². The maximum Gasteiger partial charge on any atom is 0.337 e. The number of nitrogens with zero attached hydrogens (tertiary/aromatic N) is 1. The summed E-state index contributed by atoms with van der Waals surface area (Å²) in [5.41, 5.74) is 1.89. The number of esters is 1. The van der Waals surface area contributed by atoms with E-state index in [0.29, 0.717) is 11.3 Å². The molecule has 2 aromatic carbocycles. The minimum Gasteiger partial charge on any atom is -0.465 e. The van der Waals surface area contributed by atoms with Gasteiger partial charge in [0.05, 0.1) is 17.6 Å². The smallest absolute Gasteiger partial charge is 0.337 e. The maximum absolute atomic E-state index is 12.3. The molecule has 0 bridgehead atoms. The van der Waals surface area contributed by atoms with Crippen molar-refractivity contribution in [1.29, 1.82) is 0 Å². The number of rotatable bonds is 7. The molecule has 27 heavy (non-hydrogen) atoms. The topological polar surface area (TPSA) is 92.8 Å². The van der Waals surface area contributed by atoms with Crippen molar-refractivity contribution in [3.63, 3.8) is 0 Å². The van der Waals surface area contributed by atoms with Crippen molar-refractivity contribution in [1.82, 2.24) is 4.72 Å². The monoisotopic (exact) mass is 390 g/mol. The molecule has 2 rings (SSSR count). The second-order valence-corrected chi connectivity index (χ2v) is 7.69. The normalized spacial score (nSPS) is 11.1. The zero-order chi connectivity index (χ0) is 20.0. The molecule has 0 saturated heterocycles. The Morgan fingerprint density at radius 1 is 1.04 bits per heavy atom. The summed E-state index contributed by atoms with van der Waals surface area (Å²) >= 11 is 0. The molecule has 0 heterocycles. The lowest BCUT2D eigenvalue weighted by molar-refractivity contribution is -0.116. The molecule has 0 aliphatic rings. The van der Waals surface area contributed by atoms with Gasteiger partial charge in [0, 0.05) is 25.7 Å². The fraction of sp³-hybridized carbons (Fsp3) is 0.263. The number of nitrogens with one attached hydrogen (secondary N) is 1. The molecule has 0 spiro atoms. The highest BCUT2D eigenvalue weighted by atomic mass is 32.2. The summed E-state index contributed by atoms with van der Waals surface area (Å²) in [7, 11) is -2.36. The molecular weight excluding hydrogens is 368 g/mol. The Morgan fingerprint density at radius 2 is 1.63 bits per heavy atom. The van der Waals surface area contributed by atoms with Crippen LogP contribution in [0.2, 0.25) is 0 Å². The van der Waals surface area contributed by atoms with E-state index in [9.17, 15) is 18.0 Å². The third kappa shape index (κ3) is 5.38. The number of benzene rings is 2. The van der Waals surface area contributed by atoms with Crippen molar-refractivity contribution in [3.8, 4) is 0 Å². The minimum absolute atomic E-state index is 0.0501. The summed E-state index contributed by atoms with van der Waals surface area (Å²) in [5, 5.41) is 0.